The van der Waals surface area contributed by atoms with Crippen molar-refractivity contribution in [3.05, 3.63) is 65.9 Å². The van der Waals surface area contributed by atoms with Crippen molar-refractivity contribution in [3.63, 3.8) is 0 Å². The number of aromatic amines is 1. The summed E-state index contributed by atoms with van der Waals surface area (Å²) in [5.74, 6) is 0.475. The van der Waals surface area contributed by atoms with Gasteiger partial charge in [-0.25, -0.2) is 0 Å². The van der Waals surface area contributed by atoms with E-state index in [1.165, 1.54) is 0 Å². The van der Waals surface area contributed by atoms with Gasteiger partial charge in [0.25, 0.3) is 0 Å². The summed E-state index contributed by atoms with van der Waals surface area (Å²) in [5, 5.41) is 4.28. The third-order valence-corrected chi connectivity index (χ3v) is 6.38. The minimum atomic E-state index is -0.241. The summed E-state index contributed by atoms with van der Waals surface area (Å²) in [6.07, 6.45) is 3.46. The fourth-order valence-corrected chi connectivity index (χ4v) is 4.48. The molecule has 3 aromatic rings. The van der Waals surface area contributed by atoms with Crippen LogP contribution in [0.15, 0.2) is 54.7 Å². The second-order valence-electron chi connectivity index (χ2n) is 8.37. The van der Waals surface area contributed by atoms with Crippen LogP contribution in [0.4, 0.5) is 0 Å². The Morgan fingerprint density at radius 2 is 1.88 bits per heavy atom. The van der Waals surface area contributed by atoms with Gasteiger partial charge in [-0.15, -0.1) is 0 Å². The van der Waals surface area contributed by atoms with Crippen LogP contribution in [0.3, 0.4) is 0 Å². The van der Waals surface area contributed by atoms with Crippen LogP contribution in [0.1, 0.15) is 29.9 Å². The number of para-hydroxylation sites is 1. The van der Waals surface area contributed by atoms with Gasteiger partial charge in [0.2, 0.25) is 11.8 Å². The van der Waals surface area contributed by atoms with Crippen molar-refractivity contribution in [2.24, 2.45) is 11.7 Å². The number of nitrogens with two attached hydrogens (primary N) is 1. The fourth-order valence-electron chi connectivity index (χ4n) is 4.48. The van der Waals surface area contributed by atoms with Gasteiger partial charge >= 0.3 is 0 Å². The first kappa shape index (κ1) is 21.9. The SMILES string of the molecule is COc1ccc([C@@H](CNC(=O)CN2CCC(C(N)=O)CC2)c2c[nH]c3ccccc23)cc1. The van der Waals surface area contributed by atoms with E-state index in [-0.39, 0.29) is 23.7 Å². The lowest BCUT2D eigenvalue weighted by Gasteiger charge is -2.30. The molecule has 7 heteroatoms. The van der Waals surface area contributed by atoms with Crippen LogP contribution in [-0.2, 0) is 9.59 Å². The van der Waals surface area contributed by atoms with Gasteiger partial charge in [0, 0.05) is 35.5 Å². The molecule has 0 spiro atoms. The Kier molecular flexibility index (Phi) is 6.75. The van der Waals surface area contributed by atoms with Crippen LogP contribution >= 0.6 is 0 Å². The number of methoxy groups -OCH3 is 1. The van der Waals surface area contributed by atoms with Gasteiger partial charge < -0.3 is 20.8 Å². The highest BCUT2D eigenvalue weighted by molar-refractivity contribution is 5.84. The zero-order valence-electron chi connectivity index (χ0n) is 18.3. The zero-order chi connectivity index (χ0) is 22.5. The molecule has 32 heavy (non-hydrogen) atoms. The van der Waals surface area contributed by atoms with Crippen molar-refractivity contribution in [2.45, 2.75) is 18.8 Å². The molecule has 2 heterocycles. The highest BCUT2D eigenvalue weighted by atomic mass is 16.5. The number of primary amides is 1. The van der Waals surface area contributed by atoms with Crippen LogP contribution in [-0.4, -0.2) is 55.0 Å². The van der Waals surface area contributed by atoms with Gasteiger partial charge in [-0.05, 0) is 55.3 Å². The van der Waals surface area contributed by atoms with E-state index in [1.54, 1.807) is 7.11 Å². The molecule has 1 aromatic heterocycles. The van der Waals surface area contributed by atoms with E-state index in [1.807, 2.05) is 42.6 Å². The topological polar surface area (TPSA) is 100 Å². The molecule has 0 bridgehead atoms. The quantitative estimate of drug-likeness (QED) is 0.507. The van der Waals surface area contributed by atoms with Crippen molar-refractivity contribution >= 4 is 22.7 Å². The van der Waals surface area contributed by atoms with Gasteiger partial charge in [-0.3, -0.25) is 14.5 Å². The Morgan fingerprint density at radius 3 is 2.56 bits per heavy atom. The number of hydrogen-bond donors (Lipinski definition) is 3. The molecule has 1 atom stereocenters. The number of ether oxygens (including phenoxy) is 1. The molecule has 4 N–H and O–H groups in total. The Balaban J connectivity index is 1.46. The predicted octanol–water partition coefficient (Wildman–Crippen LogP) is 2.62. The van der Waals surface area contributed by atoms with Crippen LogP contribution in [0.2, 0.25) is 0 Å². The lowest BCUT2D eigenvalue weighted by molar-refractivity contribution is -0.124. The third-order valence-electron chi connectivity index (χ3n) is 6.38. The second kappa shape index (κ2) is 9.87. The van der Waals surface area contributed by atoms with Gasteiger partial charge in [-0.2, -0.15) is 0 Å². The lowest BCUT2D eigenvalue weighted by atomic mass is 9.90. The number of nitrogens with zero attached hydrogens (tertiary/aromatic N) is 1. The van der Waals surface area contributed by atoms with Crippen LogP contribution in [0, 0.1) is 5.92 Å². The molecular weight excluding hydrogens is 404 g/mol. The summed E-state index contributed by atoms with van der Waals surface area (Å²) < 4.78 is 5.30. The summed E-state index contributed by atoms with van der Waals surface area (Å²) in [6.45, 7) is 2.25. The number of carbonyl (C=O) groups is 2. The number of benzene rings is 2. The molecule has 0 aliphatic carbocycles. The Labute approximate surface area is 187 Å². The van der Waals surface area contributed by atoms with E-state index in [4.69, 9.17) is 10.5 Å². The normalized spacial score (nSPS) is 16.0. The average Bonchev–Trinajstić information content (AvgIpc) is 3.24. The molecule has 1 aliphatic heterocycles. The number of hydrogen-bond acceptors (Lipinski definition) is 4. The molecule has 168 valence electrons. The van der Waals surface area contributed by atoms with E-state index < -0.39 is 0 Å². The molecule has 1 aliphatic rings. The fraction of sp³-hybridized carbons (Fsp3) is 0.360. The molecule has 2 amide bonds. The van der Waals surface area contributed by atoms with Gasteiger partial charge in [0.05, 0.1) is 13.7 Å². The number of piperidine rings is 1. The zero-order valence-corrected chi connectivity index (χ0v) is 18.3. The Morgan fingerprint density at radius 1 is 1.16 bits per heavy atom. The number of rotatable bonds is 8. The number of amides is 2. The van der Waals surface area contributed by atoms with E-state index in [9.17, 15) is 9.59 Å². The van der Waals surface area contributed by atoms with E-state index in [0.29, 0.717) is 39.0 Å². The van der Waals surface area contributed by atoms with Crippen LogP contribution < -0.4 is 15.8 Å². The summed E-state index contributed by atoms with van der Waals surface area (Å²) in [7, 11) is 1.65. The molecular formula is C25H30N4O3. The smallest absolute Gasteiger partial charge is 0.234 e. The number of fused-ring (bicyclic) bond motifs is 1. The molecule has 0 saturated carbocycles. The number of likely N-dealkylation sites (tertiary alicyclic amines) is 1. The highest BCUT2D eigenvalue weighted by Crippen LogP contribution is 2.31. The maximum atomic E-state index is 12.7. The molecule has 0 radical (unpaired) electrons. The molecule has 1 fully saturated rings. The summed E-state index contributed by atoms with van der Waals surface area (Å²) in [6, 6.07) is 16.2. The number of nitrogens with one attached hydrogen (secondary N) is 2. The first-order valence-corrected chi connectivity index (χ1v) is 11.0. The first-order chi connectivity index (χ1) is 15.5. The van der Waals surface area contributed by atoms with E-state index >= 15 is 0 Å². The maximum absolute atomic E-state index is 12.7. The van der Waals surface area contributed by atoms with Crippen LogP contribution in [0.25, 0.3) is 10.9 Å². The van der Waals surface area contributed by atoms with Gasteiger partial charge in [0.15, 0.2) is 0 Å². The molecule has 4 rings (SSSR count). The Bertz CT molecular complexity index is 1070. The molecule has 0 unspecified atom stereocenters. The molecule has 7 nitrogen and oxygen atoms in total. The minimum absolute atomic E-state index is 0.00149. The summed E-state index contributed by atoms with van der Waals surface area (Å²) in [4.78, 5) is 29.5. The summed E-state index contributed by atoms with van der Waals surface area (Å²) >= 11 is 0. The highest BCUT2D eigenvalue weighted by Gasteiger charge is 2.25. The monoisotopic (exact) mass is 434 g/mol. The van der Waals surface area contributed by atoms with Crippen molar-refractivity contribution in [3.8, 4) is 5.75 Å². The second-order valence-corrected chi connectivity index (χ2v) is 8.37. The van der Waals surface area contributed by atoms with Crippen molar-refractivity contribution < 1.29 is 14.3 Å². The molecule has 1 saturated heterocycles. The maximum Gasteiger partial charge on any atom is 0.234 e. The summed E-state index contributed by atoms with van der Waals surface area (Å²) in [5.41, 5.74) is 8.74. The average molecular weight is 435 g/mol. The van der Waals surface area contributed by atoms with Gasteiger partial charge in [-0.1, -0.05) is 30.3 Å². The predicted molar refractivity (Wildman–Crippen MR) is 125 cm³/mol. The van der Waals surface area contributed by atoms with Gasteiger partial charge in [0.1, 0.15) is 5.75 Å². The largest absolute Gasteiger partial charge is 0.497 e. The van der Waals surface area contributed by atoms with E-state index in [0.717, 1.165) is 27.8 Å². The van der Waals surface area contributed by atoms with Crippen molar-refractivity contribution in [2.75, 3.05) is 33.3 Å². The van der Waals surface area contributed by atoms with Crippen molar-refractivity contribution in [1.29, 1.82) is 0 Å². The standard InChI is InChI=1S/C25H30N4O3/c1-32-19-8-6-17(7-9-19)21(22-15-27-23-5-3-2-4-20(22)23)14-28-24(30)16-29-12-10-18(11-13-29)25(26)31/h2-9,15,18,21,27H,10-14,16H2,1H3,(H2,26,31)(H,28,30)/t21-/m1/s1. The number of H-pyrrole nitrogens is 1. The third kappa shape index (κ3) is 4.94. The lowest BCUT2D eigenvalue weighted by Crippen LogP contribution is -2.44. The number of aromatic nitrogens is 1. The number of carbonyl (C=O) groups excluding carboxylic acids is 2. The minimum Gasteiger partial charge on any atom is -0.497 e. The first-order valence-electron chi connectivity index (χ1n) is 11.0. The van der Waals surface area contributed by atoms with Crippen LogP contribution in [0.5, 0.6) is 5.75 Å². The van der Waals surface area contributed by atoms with Crippen molar-refractivity contribution in [1.82, 2.24) is 15.2 Å². The Hall–Kier alpha value is -3.32. The van der Waals surface area contributed by atoms with E-state index in [2.05, 4.69) is 27.3 Å². The molecule has 2 aromatic carbocycles.